The minimum atomic E-state index is -0.823. The van der Waals surface area contributed by atoms with Crippen LogP contribution in [0.5, 0.6) is 0 Å². The summed E-state index contributed by atoms with van der Waals surface area (Å²) in [5, 5.41) is 8.71. The largest absolute Gasteiger partial charge is 0.449 e. The van der Waals surface area contributed by atoms with Crippen molar-refractivity contribution in [1.82, 2.24) is 0 Å². The third-order valence-electron chi connectivity index (χ3n) is 2.35. The SMILES string of the molecule is Cc1ccc2oc(C(=O)OCC#N)cc(=O)c2c1. The van der Waals surface area contributed by atoms with Crippen molar-refractivity contribution in [3.8, 4) is 6.07 Å². The molecule has 0 unspecified atom stereocenters. The molecule has 0 radical (unpaired) electrons. The lowest BCUT2D eigenvalue weighted by Crippen LogP contribution is -2.10. The van der Waals surface area contributed by atoms with Gasteiger partial charge < -0.3 is 9.15 Å². The van der Waals surface area contributed by atoms with E-state index in [1.807, 2.05) is 6.92 Å². The van der Waals surface area contributed by atoms with Crippen LogP contribution in [-0.2, 0) is 4.74 Å². The van der Waals surface area contributed by atoms with Gasteiger partial charge in [-0.3, -0.25) is 4.79 Å². The summed E-state index contributed by atoms with van der Waals surface area (Å²) in [4.78, 5) is 23.3. The third kappa shape index (κ3) is 2.23. The maximum Gasteiger partial charge on any atom is 0.375 e. The fourth-order valence-electron chi connectivity index (χ4n) is 1.54. The van der Waals surface area contributed by atoms with Crippen molar-refractivity contribution >= 4 is 16.9 Å². The van der Waals surface area contributed by atoms with E-state index in [0.29, 0.717) is 11.0 Å². The first kappa shape index (κ1) is 11.9. The van der Waals surface area contributed by atoms with E-state index in [4.69, 9.17) is 9.68 Å². The fourth-order valence-corrected chi connectivity index (χ4v) is 1.54. The summed E-state index contributed by atoms with van der Waals surface area (Å²) in [6, 6.07) is 7.81. The molecule has 0 aliphatic heterocycles. The molecule has 5 heteroatoms. The molecule has 2 rings (SSSR count). The Bertz CT molecular complexity index is 709. The highest BCUT2D eigenvalue weighted by atomic mass is 16.5. The molecule has 0 aliphatic rings. The molecule has 0 saturated heterocycles. The normalized spacial score (nSPS) is 10.0. The van der Waals surface area contributed by atoms with Crippen molar-refractivity contribution in [3.05, 3.63) is 45.8 Å². The summed E-state index contributed by atoms with van der Waals surface area (Å²) in [5.41, 5.74) is 0.926. The Kier molecular flexibility index (Phi) is 3.11. The second kappa shape index (κ2) is 4.72. The molecule has 0 amide bonds. The van der Waals surface area contributed by atoms with E-state index in [2.05, 4.69) is 4.74 Å². The number of esters is 1. The first-order chi connectivity index (χ1) is 8.61. The smallest absolute Gasteiger partial charge is 0.375 e. The minimum Gasteiger partial charge on any atom is -0.449 e. The number of carbonyl (C=O) groups excluding carboxylic acids is 1. The molecule has 0 saturated carbocycles. The van der Waals surface area contributed by atoms with Crippen molar-refractivity contribution in [2.24, 2.45) is 0 Å². The average molecular weight is 243 g/mol. The van der Waals surface area contributed by atoms with E-state index < -0.39 is 5.97 Å². The number of hydrogen-bond acceptors (Lipinski definition) is 5. The van der Waals surface area contributed by atoms with Crippen molar-refractivity contribution in [3.63, 3.8) is 0 Å². The molecule has 18 heavy (non-hydrogen) atoms. The average Bonchev–Trinajstić information content (AvgIpc) is 2.36. The molecule has 90 valence electrons. The van der Waals surface area contributed by atoms with Gasteiger partial charge >= 0.3 is 5.97 Å². The van der Waals surface area contributed by atoms with Crippen molar-refractivity contribution < 1.29 is 13.9 Å². The topological polar surface area (TPSA) is 80.3 Å². The van der Waals surface area contributed by atoms with E-state index in [1.165, 1.54) is 0 Å². The minimum absolute atomic E-state index is 0.202. The molecule has 0 spiro atoms. The monoisotopic (exact) mass is 243 g/mol. The van der Waals surface area contributed by atoms with Gasteiger partial charge in [-0.1, -0.05) is 11.6 Å². The van der Waals surface area contributed by atoms with Crippen LogP contribution in [0.15, 0.2) is 33.5 Å². The summed E-state index contributed by atoms with van der Waals surface area (Å²) in [7, 11) is 0. The number of fused-ring (bicyclic) bond motifs is 1. The Hall–Kier alpha value is -2.61. The first-order valence-corrected chi connectivity index (χ1v) is 5.20. The van der Waals surface area contributed by atoms with Crippen LogP contribution in [0.25, 0.3) is 11.0 Å². The predicted molar refractivity (Wildman–Crippen MR) is 63.1 cm³/mol. The number of nitriles is 1. The molecule has 0 fully saturated rings. The van der Waals surface area contributed by atoms with Gasteiger partial charge in [-0.2, -0.15) is 5.26 Å². The van der Waals surface area contributed by atoms with Gasteiger partial charge in [0.15, 0.2) is 12.0 Å². The number of aryl methyl sites for hydroxylation is 1. The van der Waals surface area contributed by atoms with Gasteiger partial charge in [0, 0.05) is 6.07 Å². The van der Waals surface area contributed by atoms with Gasteiger partial charge in [-0.05, 0) is 19.1 Å². The summed E-state index contributed by atoms with van der Waals surface area (Å²) >= 11 is 0. The molecule has 0 aliphatic carbocycles. The molecule has 1 aromatic heterocycles. The van der Waals surface area contributed by atoms with Crippen molar-refractivity contribution in [2.75, 3.05) is 6.61 Å². The molecular formula is C13H9NO4. The number of hydrogen-bond donors (Lipinski definition) is 0. The lowest BCUT2D eigenvalue weighted by Gasteiger charge is -2.02. The first-order valence-electron chi connectivity index (χ1n) is 5.20. The number of rotatable bonds is 2. The van der Waals surface area contributed by atoms with Crippen LogP contribution in [0.3, 0.4) is 0 Å². The molecule has 2 aromatic rings. The molecular weight excluding hydrogens is 234 g/mol. The number of carbonyl (C=O) groups is 1. The van der Waals surface area contributed by atoms with E-state index >= 15 is 0 Å². The van der Waals surface area contributed by atoms with Crippen molar-refractivity contribution in [1.29, 1.82) is 5.26 Å². The fraction of sp³-hybridized carbons (Fsp3) is 0.154. The maximum absolute atomic E-state index is 11.8. The van der Waals surface area contributed by atoms with E-state index in [-0.39, 0.29) is 17.8 Å². The zero-order chi connectivity index (χ0) is 13.1. The molecule has 0 atom stereocenters. The maximum atomic E-state index is 11.8. The van der Waals surface area contributed by atoms with Crippen LogP contribution >= 0.6 is 0 Å². The molecule has 1 aromatic carbocycles. The van der Waals surface area contributed by atoms with Crippen molar-refractivity contribution in [2.45, 2.75) is 6.92 Å². The van der Waals surface area contributed by atoms with Crippen LogP contribution in [0.1, 0.15) is 16.1 Å². The summed E-state index contributed by atoms with van der Waals surface area (Å²) in [6.45, 7) is 1.47. The highest BCUT2D eigenvalue weighted by Crippen LogP contribution is 2.14. The van der Waals surface area contributed by atoms with Crippen LogP contribution in [-0.4, -0.2) is 12.6 Å². The third-order valence-corrected chi connectivity index (χ3v) is 2.35. The van der Waals surface area contributed by atoms with Gasteiger partial charge in [0.1, 0.15) is 11.7 Å². The number of nitrogens with zero attached hydrogens (tertiary/aromatic N) is 1. The molecule has 1 heterocycles. The molecule has 0 bridgehead atoms. The van der Waals surface area contributed by atoms with Gasteiger partial charge in [0.2, 0.25) is 5.76 Å². The Morgan fingerprint density at radius 2 is 2.22 bits per heavy atom. The van der Waals surface area contributed by atoms with Crippen LogP contribution in [0.4, 0.5) is 0 Å². The second-order valence-corrected chi connectivity index (χ2v) is 3.71. The zero-order valence-corrected chi connectivity index (χ0v) is 9.60. The summed E-state index contributed by atoms with van der Waals surface area (Å²) < 4.78 is 9.84. The lowest BCUT2D eigenvalue weighted by molar-refractivity contribution is 0.0519. The van der Waals surface area contributed by atoms with E-state index in [1.54, 1.807) is 24.3 Å². The predicted octanol–water partition coefficient (Wildman–Crippen LogP) is 1.78. The van der Waals surface area contributed by atoms with Gasteiger partial charge in [-0.15, -0.1) is 0 Å². The van der Waals surface area contributed by atoms with Gasteiger partial charge in [-0.25, -0.2) is 4.79 Å². The van der Waals surface area contributed by atoms with Gasteiger partial charge in [0.05, 0.1) is 5.39 Å². The summed E-state index contributed by atoms with van der Waals surface area (Å²) in [5.74, 6) is -1.03. The quantitative estimate of drug-likeness (QED) is 0.751. The highest BCUT2D eigenvalue weighted by molar-refractivity contribution is 5.89. The van der Waals surface area contributed by atoms with E-state index in [9.17, 15) is 9.59 Å². The highest BCUT2D eigenvalue weighted by Gasteiger charge is 2.13. The van der Waals surface area contributed by atoms with Crippen LogP contribution in [0, 0.1) is 18.3 Å². The lowest BCUT2D eigenvalue weighted by atomic mass is 10.1. The standard InChI is InChI=1S/C13H9NO4/c1-8-2-3-11-9(6-8)10(15)7-12(18-11)13(16)17-5-4-14/h2-3,6-7H,5H2,1H3. The second-order valence-electron chi connectivity index (χ2n) is 3.71. The van der Waals surface area contributed by atoms with E-state index in [0.717, 1.165) is 11.6 Å². The Morgan fingerprint density at radius 1 is 1.44 bits per heavy atom. The molecule has 5 nitrogen and oxygen atoms in total. The molecule has 0 N–H and O–H groups in total. The van der Waals surface area contributed by atoms with Gasteiger partial charge in [0.25, 0.3) is 0 Å². The number of ether oxygens (including phenoxy) is 1. The Labute approximate surface area is 102 Å². The zero-order valence-electron chi connectivity index (χ0n) is 9.60. The van der Waals surface area contributed by atoms with Crippen LogP contribution in [0.2, 0.25) is 0 Å². The Morgan fingerprint density at radius 3 is 2.94 bits per heavy atom. The number of benzene rings is 1. The van der Waals surface area contributed by atoms with Crippen LogP contribution < -0.4 is 5.43 Å². The Balaban J connectivity index is 2.50. The summed E-state index contributed by atoms with van der Waals surface area (Å²) in [6.07, 6.45) is 0.